The monoisotopic (exact) mass is 461 g/mol. The van der Waals surface area contributed by atoms with Crippen LogP contribution in [0.1, 0.15) is 62.6 Å². The fraction of sp³-hybridized carbons (Fsp3) is 0.520. The molecule has 1 aliphatic heterocycles. The first kappa shape index (κ1) is 22.4. The summed E-state index contributed by atoms with van der Waals surface area (Å²) in [5.74, 6) is 0.353. The summed E-state index contributed by atoms with van der Waals surface area (Å²) in [5, 5.41) is 18.6. The number of hydrogen-bond acceptors (Lipinski definition) is 6. The Kier molecular flexibility index (Phi) is 5.58. The van der Waals surface area contributed by atoms with Gasteiger partial charge in [-0.25, -0.2) is 0 Å². The SMILES string of the molecule is CC1=NCC(C)=C1c1ccc(NC(=O)[C@@H](NC(=O)c2ccnn2C)C(C2CC2)C2(C)CC2)nn1. The molecule has 2 aromatic rings. The normalized spacial score (nSPS) is 20.5. The van der Waals surface area contributed by atoms with Crippen molar-refractivity contribution in [1.82, 2.24) is 25.3 Å². The molecule has 2 aliphatic carbocycles. The summed E-state index contributed by atoms with van der Waals surface area (Å²) in [4.78, 5) is 31.1. The molecule has 0 bridgehead atoms. The van der Waals surface area contributed by atoms with E-state index in [1.54, 1.807) is 25.4 Å². The van der Waals surface area contributed by atoms with Crippen molar-refractivity contribution in [2.75, 3.05) is 11.9 Å². The average Bonchev–Trinajstić information content (AvgIpc) is 3.71. The molecular weight excluding hydrogens is 430 g/mol. The number of carbonyl (C=O) groups excluding carboxylic acids is 2. The summed E-state index contributed by atoms with van der Waals surface area (Å²) in [6, 6.07) is 4.62. The van der Waals surface area contributed by atoms with Crippen LogP contribution in [-0.2, 0) is 11.8 Å². The van der Waals surface area contributed by atoms with E-state index < -0.39 is 6.04 Å². The zero-order valence-corrected chi connectivity index (χ0v) is 20.1. The van der Waals surface area contributed by atoms with Gasteiger partial charge in [0, 0.05) is 24.5 Å². The molecule has 34 heavy (non-hydrogen) atoms. The molecule has 2 saturated carbocycles. The summed E-state index contributed by atoms with van der Waals surface area (Å²) in [6.07, 6.45) is 5.91. The van der Waals surface area contributed by atoms with E-state index >= 15 is 0 Å². The highest BCUT2D eigenvalue weighted by atomic mass is 16.2. The predicted octanol–water partition coefficient (Wildman–Crippen LogP) is 3.02. The molecule has 5 rings (SSSR count). The molecule has 9 heteroatoms. The van der Waals surface area contributed by atoms with E-state index in [9.17, 15) is 9.59 Å². The van der Waals surface area contributed by atoms with Crippen molar-refractivity contribution < 1.29 is 9.59 Å². The van der Waals surface area contributed by atoms with Crippen LogP contribution in [0.25, 0.3) is 5.57 Å². The molecule has 1 unspecified atom stereocenters. The molecule has 0 spiro atoms. The first-order valence-corrected chi connectivity index (χ1v) is 11.9. The number of allylic oxidation sites excluding steroid dienone is 1. The third-order valence-electron chi connectivity index (χ3n) is 7.47. The molecule has 2 aromatic heterocycles. The van der Waals surface area contributed by atoms with Gasteiger partial charge in [-0.1, -0.05) is 6.92 Å². The van der Waals surface area contributed by atoms with Gasteiger partial charge in [-0.05, 0) is 80.6 Å². The fourth-order valence-corrected chi connectivity index (χ4v) is 5.20. The lowest BCUT2D eigenvalue weighted by atomic mass is 9.80. The number of rotatable bonds is 8. The molecule has 0 saturated heterocycles. The number of aromatic nitrogens is 4. The molecule has 0 aromatic carbocycles. The minimum Gasteiger partial charge on any atom is -0.339 e. The lowest BCUT2D eigenvalue weighted by molar-refractivity contribution is -0.120. The smallest absolute Gasteiger partial charge is 0.270 e. The minimum absolute atomic E-state index is 0.0712. The van der Waals surface area contributed by atoms with Gasteiger partial charge >= 0.3 is 0 Å². The molecule has 2 amide bonds. The van der Waals surface area contributed by atoms with Crippen LogP contribution in [0.15, 0.2) is 35.0 Å². The first-order valence-electron chi connectivity index (χ1n) is 11.9. The molecule has 2 N–H and O–H groups in total. The van der Waals surface area contributed by atoms with Gasteiger partial charge in [-0.2, -0.15) is 5.10 Å². The third kappa shape index (κ3) is 4.26. The van der Waals surface area contributed by atoms with Gasteiger partial charge in [-0.15, -0.1) is 10.2 Å². The van der Waals surface area contributed by atoms with Crippen LogP contribution >= 0.6 is 0 Å². The maximum absolute atomic E-state index is 13.6. The van der Waals surface area contributed by atoms with Gasteiger partial charge in [0.1, 0.15) is 11.7 Å². The van der Waals surface area contributed by atoms with E-state index in [1.807, 2.05) is 19.9 Å². The standard InChI is InChI=1S/C25H31N7O2/c1-14-13-26-15(2)20(14)17-7-8-19(31-30-17)28-24(34)22(21(16-5-6-16)25(3)10-11-25)29-23(33)18-9-12-27-32(18)4/h7-9,12,16,21-22H,5-6,10-11,13H2,1-4H3,(H,29,33)(H,28,31,34)/t21?,22-/m0/s1. The number of nitrogens with one attached hydrogen (secondary N) is 2. The highest BCUT2D eigenvalue weighted by Gasteiger charge is 2.55. The quantitative estimate of drug-likeness (QED) is 0.627. The summed E-state index contributed by atoms with van der Waals surface area (Å²) in [5.41, 5.74) is 4.37. The summed E-state index contributed by atoms with van der Waals surface area (Å²) < 4.78 is 1.52. The number of amides is 2. The van der Waals surface area contributed by atoms with Gasteiger partial charge in [0.15, 0.2) is 5.82 Å². The fourth-order valence-electron chi connectivity index (χ4n) is 5.20. The van der Waals surface area contributed by atoms with Gasteiger partial charge in [0.05, 0.1) is 12.2 Å². The number of anilines is 1. The molecule has 9 nitrogen and oxygen atoms in total. The predicted molar refractivity (Wildman–Crippen MR) is 129 cm³/mol. The number of carbonyl (C=O) groups is 2. The molecule has 2 fully saturated rings. The molecule has 178 valence electrons. The van der Waals surface area contributed by atoms with E-state index in [4.69, 9.17) is 0 Å². The molecular formula is C25H31N7O2. The summed E-state index contributed by atoms with van der Waals surface area (Å²) in [6.45, 7) is 6.91. The van der Waals surface area contributed by atoms with E-state index in [0.717, 1.165) is 48.2 Å². The topological polar surface area (TPSA) is 114 Å². The van der Waals surface area contributed by atoms with Crippen molar-refractivity contribution >= 4 is 28.9 Å². The maximum Gasteiger partial charge on any atom is 0.270 e. The van der Waals surface area contributed by atoms with Crippen LogP contribution in [0.5, 0.6) is 0 Å². The highest BCUT2D eigenvalue weighted by molar-refractivity contribution is 6.24. The number of aryl methyl sites for hydroxylation is 1. The average molecular weight is 462 g/mol. The molecule has 3 heterocycles. The Hall–Kier alpha value is -3.36. The van der Waals surface area contributed by atoms with Crippen LogP contribution in [-0.4, -0.2) is 50.1 Å². The zero-order chi connectivity index (χ0) is 24.0. The van der Waals surface area contributed by atoms with Crippen molar-refractivity contribution in [3.8, 4) is 0 Å². The Morgan fingerprint density at radius 3 is 2.44 bits per heavy atom. The van der Waals surface area contributed by atoms with Gasteiger partial charge in [-0.3, -0.25) is 19.3 Å². The van der Waals surface area contributed by atoms with Crippen LogP contribution < -0.4 is 10.6 Å². The van der Waals surface area contributed by atoms with E-state index in [-0.39, 0.29) is 23.1 Å². The Bertz CT molecular complexity index is 1190. The highest BCUT2D eigenvalue weighted by Crippen LogP contribution is 2.60. The molecule has 3 aliphatic rings. The van der Waals surface area contributed by atoms with Crippen molar-refractivity contribution in [1.29, 1.82) is 0 Å². The van der Waals surface area contributed by atoms with E-state index in [0.29, 0.717) is 24.0 Å². The van der Waals surface area contributed by atoms with Crippen molar-refractivity contribution in [3.63, 3.8) is 0 Å². The Morgan fingerprint density at radius 1 is 1.15 bits per heavy atom. The number of hydrogen-bond donors (Lipinski definition) is 2. The van der Waals surface area contributed by atoms with Crippen molar-refractivity contribution in [2.24, 2.45) is 29.3 Å². The lowest BCUT2D eigenvalue weighted by Gasteiger charge is -2.32. The van der Waals surface area contributed by atoms with Crippen LogP contribution in [0.2, 0.25) is 0 Å². The maximum atomic E-state index is 13.6. The van der Waals surface area contributed by atoms with E-state index in [1.165, 1.54) is 4.68 Å². The summed E-state index contributed by atoms with van der Waals surface area (Å²) >= 11 is 0. The summed E-state index contributed by atoms with van der Waals surface area (Å²) in [7, 11) is 1.72. The number of nitrogens with zero attached hydrogens (tertiary/aromatic N) is 5. The largest absolute Gasteiger partial charge is 0.339 e. The van der Waals surface area contributed by atoms with E-state index in [2.05, 4.69) is 37.8 Å². The Balaban J connectivity index is 1.37. The Morgan fingerprint density at radius 2 is 1.91 bits per heavy atom. The number of aliphatic imine (C=N–C) groups is 1. The lowest BCUT2D eigenvalue weighted by Crippen LogP contribution is -2.51. The zero-order valence-electron chi connectivity index (χ0n) is 20.1. The second kappa shape index (κ2) is 8.45. The minimum atomic E-state index is -0.655. The Labute approximate surface area is 199 Å². The van der Waals surface area contributed by atoms with Crippen molar-refractivity contribution in [3.05, 3.63) is 41.4 Å². The van der Waals surface area contributed by atoms with Crippen LogP contribution in [0.4, 0.5) is 5.82 Å². The van der Waals surface area contributed by atoms with Crippen LogP contribution in [0, 0.1) is 17.3 Å². The van der Waals surface area contributed by atoms with Gasteiger partial charge in [0.2, 0.25) is 5.91 Å². The third-order valence-corrected chi connectivity index (χ3v) is 7.47. The van der Waals surface area contributed by atoms with Gasteiger partial charge < -0.3 is 10.6 Å². The second-order valence-corrected chi connectivity index (χ2v) is 10.2. The van der Waals surface area contributed by atoms with Gasteiger partial charge in [0.25, 0.3) is 5.91 Å². The first-order chi connectivity index (χ1) is 16.3. The second-order valence-electron chi connectivity index (χ2n) is 10.2. The molecule has 0 radical (unpaired) electrons. The van der Waals surface area contributed by atoms with Crippen LogP contribution in [0.3, 0.4) is 0 Å². The van der Waals surface area contributed by atoms with Crippen molar-refractivity contribution in [2.45, 2.75) is 52.5 Å². The molecule has 2 atom stereocenters.